The van der Waals surface area contributed by atoms with Crippen molar-refractivity contribution in [3.05, 3.63) is 95.0 Å². The van der Waals surface area contributed by atoms with Gasteiger partial charge in [-0.25, -0.2) is 0 Å². The highest BCUT2D eigenvalue weighted by Crippen LogP contribution is 2.36. The summed E-state index contributed by atoms with van der Waals surface area (Å²) in [6, 6.07) is 26.8. The zero-order chi connectivity index (χ0) is 21.4. The summed E-state index contributed by atoms with van der Waals surface area (Å²) in [5.41, 5.74) is 3.34. The van der Waals surface area contributed by atoms with Crippen LogP contribution in [0.5, 0.6) is 5.88 Å². The Bertz CT molecular complexity index is 1470. The first-order valence-corrected chi connectivity index (χ1v) is 10.4. The van der Waals surface area contributed by atoms with Gasteiger partial charge in [0.15, 0.2) is 5.69 Å². The minimum atomic E-state index is -0.472. The van der Waals surface area contributed by atoms with Crippen LogP contribution in [-0.4, -0.2) is 16.0 Å². The Morgan fingerprint density at radius 1 is 0.839 bits per heavy atom. The van der Waals surface area contributed by atoms with Crippen molar-refractivity contribution in [1.82, 2.24) is 4.98 Å². The van der Waals surface area contributed by atoms with E-state index in [0.717, 1.165) is 31.9 Å². The molecule has 5 nitrogen and oxygen atoms in total. The first-order valence-electron chi connectivity index (χ1n) is 9.64. The van der Waals surface area contributed by atoms with Crippen molar-refractivity contribution in [2.45, 2.75) is 0 Å². The SMILES string of the molecule is O=C(N=Nc1c(O)[nH]c2ccccc12)c1cc(-c2ccc(Br)cc2)cc2ccccc12. The molecule has 1 amide bonds. The molecule has 0 aliphatic heterocycles. The maximum absolute atomic E-state index is 13.1. The number of para-hydroxylation sites is 1. The van der Waals surface area contributed by atoms with Crippen molar-refractivity contribution in [2.75, 3.05) is 0 Å². The third-order valence-corrected chi connectivity index (χ3v) is 5.70. The topological polar surface area (TPSA) is 77.8 Å². The third-order valence-electron chi connectivity index (χ3n) is 5.17. The Balaban J connectivity index is 1.60. The fourth-order valence-corrected chi connectivity index (χ4v) is 3.92. The molecule has 0 spiro atoms. The Hall–Kier alpha value is -3.77. The lowest BCUT2D eigenvalue weighted by atomic mass is 9.96. The lowest BCUT2D eigenvalue weighted by molar-refractivity contribution is 0.0996. The van der Waals surface area contributed by atoms with E-state index in [-0.39, 0.29) is 11.6 Å². The van der Waals surface area contributed by atoms with Gasteiger partial charge in [-0.3, -0.25) is 4.79 Å². The summed E-state index contributed by atoms with van der Waals surface area (Å²) in [6.45, 7) is 0. The summed E-state index contributed by atoms with van der Waals surface area (Å²) >= 11 is 3.45. The van der Waals surface area contributed by atoms with Crippen LogP contribution in [0.15, 0.2) is 99.6 Å². The highest BCUT2D eigenvalue weighted by Gasteiger charge is 2.14. The number of nitrogens with zero attached hydrogens (tertiary/aromatic N) is 2. The number of halogens is 1. The first-order chi connectivity index (χ1) is 15.1. The number of fused-ring (bicyclic) bond motifs is 2. The molecule has 5 rings (SSSR count). The Labute approximate surface area is 186 Å². The monoisotopic (exact) mass is 469 g/mol. The number of nitrogens with one attached hydrogen (secondary N) is 1. The van der Waals surface area contributed by atoms with Crippen LogP contribution in [0.25, 0.3) is 32.8 Å². The van der Waals surface area contributed by atoms with Crippen LogP contribution < -0.4 is 0 Å². The van der Waals surface area contributed by atoms with Gasteiger partial charge in [0.05, 0.1) is 11.1 Å². The van der Waals surface area contributed by atoms with Gasteiger partial charge in [0.2, 0.25) is 5.88 Å². The van der Waals surface area contributed by atoms with Gasteiger partial charge in [-0.05, 0) is 52.2 Å². The van der Waals surface area contributed by atoms with Gasteiger partial charge in [0.25, 0.3) is 5.91 Å². The molecule has 0 aliphatic rings. The third kappa shape index (κ3) is 3.62. The van der Waals surface area contributed by atoms with Crippen molar-refractivity contribution in [1.29, 1.82) is 0 Å². The highest BCUT2D eigenvalue weighted by molar-refractivity contribution is 9.10. The number of H-pyrrole nitrogens is 1. The van der Waals surface area contributed by atoms with E-state index in [2.05, 4.69) is 37.2 Å². The molecular weight excluding hydrogens is 454 g/mol. The molecule has 0 bridgehead atoms. The van der Waals surface area contributed by atoms with Crippen LogP contribution in [0.1, 0.15) is 10.4 Å². The molecule has 2 N–H and O–H groups in total. The molecule has 0 saturated carbocycles. The molecule has 4 aromatic carbocycles. The average Bonchev–Trinajstić information content (AvgIpc) is 3.12. The minimum Gasteiger partial charge on any atom is -0.493 e. The second-order valence-electron chi connectivity index (χ2n) is 7.12. The minimum absolute atomic E-state index is 0.119. The summed E-state index contributed by atoms with van der Waals surface area (Å²) in [5, 5.41) is 20.6. The number of azo groups is 1. The van der Waals surface area contributed by atoms with E-state index in [0.29, 0.717) is 10.9 Å². The van der Waals surface area contributed by atoms with Crippen molar-refractivity contribution in [2.24, 2.45) is 10.2 Å². The molecule has 0 saturated heterocycles. The molecule has 5 aromatic rings. The van der Waals surface area contributed by atoms with Crippen LogP contribution in [-0.2, 0) is 0 Å². The molecule has 0 unspecified atom stereocenters. The summed E-state index contributed by atoms with van der Waals surface area (Å²) in [6.07, 6.45) is 0. The van der Waals surface area contributed by atoms with E-state index in [1.165, 1.54) is 0 Å². The number of amides is 1. The van der Waals surface area contributed by atoms with Gasteiger partial charge in [-0.15, -0.1) is 10.2 Å². The number of hydrogen-bond donors (Lipinski definition) is 2. The van der Waals surface area contributed by atoms with Crippen molar-refractivity contribution in [3.63, 3.8) is 0 Å². The number of hydrogen-bond acceptors (Lipinski definition) is 3. The number of aromatic hydroxyl groups is 1. The van der Waals surface area contributed by atoms with E-state index in [1.807, 2.05) is 78.9 Å². The standard InChI is InChI=1S/C25H16BrN3O2/c26-18-11-9-15(10-12-18)17-13-16-5-1-2-6-19(16)21(14-17)24(30)29-28-23-20-7-3-4-8-22(20)27-25(23)31/h1-14,27,31H. The molecule has 0 fully saturated rings. The first kappa shape index (κ1) is 19.2. The molecule has 150 valence electrons. The molecule has 1 aromatic heterocycles. The van der Waals surface area contributed by atoms with Crippen LogP contribution >= 0.6 is 15.9 Å². The Kier molecular flexibility index (Phi) is 4.84. The van der Waals surface area contributed by atoms with Gasteiger partial charge in [0, 0.05) is 9.86 Å². The predicted octanol–water partition coefficient (Wildman–Crippen LogP) is 7.38. The maximum atomic E-state index is 13.1. The van der Waals surface area contributed by atoms with Crippen molar-refractivity contribution < 1.29 is 9.90 Å². The van der Waals surface area contributed by atoms with E-state index < -0.39 is 5.91 Å². The fourth-order valence-electron chi connectivity index (χ4n) is 3.66. The quantitative estimate of drug-likeness (QED) is 0.270. The van der Waals surface area contributed by atoms with Gasteiger partial charge in [-0.2, -0.15) is 0 Å². The number of aromatic amines is 1. The van der Waals surface area contributed by atoms with E-state index in [1.54, 1.807) is 0 Å². The number of carbonyl (C=O) groups is 1. The van der Waals surface area contributed by atoms with Crippen LogP contribution in [0, 0.1) is 0 Å². The zero-order valence-corrected chi connectivity index (χ0v) is 17.8. The molecule has 0 atom stereocenters. The summed E-state index contributed by atoms with van der Waals surface area (Å²) in [5.74, 6) is -0.592. The Morgan fingerprint density at radius 2 is 1.55 bits per heavy atom. The highest BCUT2D eigenvalue weighted by atomic mass is 79.9. The summed E-state index contributed by atoms with van der Waals surface area (Å²) < 4.78 is 0.987. The van der Waals surface area contributed by atoms with Gasteiger partial charge >= 0.3 is 0 Å². The second-order valence-corrected chi connectivity index (χ2v) is 8.04. The van der Waals surface area contributed by atoms with E-state index >= 15 is 0 Å². The molecule has 31 heavy (non-hydrogen) atoms. The zero-order valence-electron chi connectivity index (χ0n) is 16.2. The predicted molar refractivity (Wildman–Crippen MR) is 126 cm³/mol. The van der Waals surface area contributed by atoms with Crippen LogP contribution in [0.3, 0.4) is 0 Å². The molecule has 0 aliphatic carbocycles. The average molecular weight is 470 g/mol. The largest absolute Gasteiger partial charge is 0.493 e. The van der Waals surface area contributed by atoms with Gasteiger partial charge < -0.3 is 10.1 Å². The maximum Gasteiger partial charge on any atom is 0.296 e. The smallest absolute Gasteiger partial charge is 0.296 e. The molecule has 1 heterocycles. The number of benzene rings is 4. The number of aromatic nitrogens is 1. The van der Waals surface area contributed by atoms with Gasteiger partial charge in [0.1, 0.15) is 0 Å². The summed E-state index contributed by atoms with van der Waals surface area (Å²) in [4.78, 5) is 15.9. The van der Waals surface area contributed by atoms with Gasteiger partial charge in [-0.1, -0.05) is 70.5 Å². The van der Waals surface area contributed by atoms with E-state index in [9.17, 15) is 9.90 Å². The Morgan fingerprint density at radius 3 is 2.35 bits per heavy atom. The fraction of sp³-hybridized carbons (Fsp3) is 0. The second kappa shape index (κ2) is 7.81. The summed E-state index contributed by atoms with van der Waals surface area (Å²) in [7, 11) is 0. The van der Waals surface area contributed by atoms with Crippen LogP contribution in [0.2, 0.25) is 0 Å². The van der Waals surface area contributed by atoms with Crippen molar-refractivity contribution >= 4 is 49.2 Å². The molecule has 0 radical (unpaired) electrons. The molecular formula is C25H16BrN3O2. The number of rotatable bonds is 3. The lowest BCUT2D eigenvalue weighted by Gasteiger charge is -2.08. The lowest BCUT2D eigenvalue weighted by Crippen LogP contribution is -1.96. The number of carbonyl (C=O) groups excluding carboxylic acids is 1. The molecule has 6 heteroatoms. The van der Waals surface area contributed by atoms with Crippen LogP contribution in [0.4, 0.5) is 5.69 Å². The normalized spacial score (nSPS) is 11.5. The van der Waals surface area contributed by atoms with Crippen molar-refractivity contribution in [3.8, 4) is 17.0 Å². The van der Waals surface area contributed by atoms with E-state index in [4.69, 9.17) is 0 Å².